The summed E-state index contributed by atoms with van der Waals surface area (Å²) < 4.78 is 5.44. The summed E-state index contributed by atoms with van der Waals surface area (Å²) in [6.45, 7) is 2.51. The van der Waals surface area contributed by atoms with Gasteiger partial charge in [-0.15, -0.1) is 0 Å². The van der Waals surface area contributed by atoms with E-state index >= 15 is 0 Å². The first kappa shape index (κ1) is 13.1. The number of carbonyl (C=O) groups excluding carboxylic acids is 1. The molecule has 1 atom stereocenters. The summed E-state index contributed by atoms with van der Waals surface area (Å²) in [5.41, 5.74) is 1.13. The van der Waals surface area contributed by atoms with Crippen LogP contribution < -0.4 is 10.6 Å². The van der Waals surface area contributed by atoms with Gasteiger partial charge in [0.25, 0.3) is 5.91 Å². The van der Waals surface area contributed by atoms with Crippen LogP contribution in [0.25, 0.3) is 10.8 Å². The van der Waals surface area contributed by atoms with Gasteiger partial charge in [0.15, 0.2) is 0 Å². The highest BCUT2D eigenvalue weighted by Gasteiger charge is 2.21. The molecular formula is C16H18N2O2. The number of morpholine rings is 1. The van der Waals surface area contributed by atoms with Crippen molar-refractivity contribution in [2.45, 2.75) is 12.6 Å². The third-order valence-corrected chi connectivity index (χ3v) is 3.55. The van der Waals surface area contributed by atoms with Gasteiger partial charge in [-0.05, 0) is 16.3 Å². The molecule has 1 aliphatic rings. The lowest BCUT2D eigenvalue weighted by atomic mass is 10.0. The van der Waals surface area contributed by atoms with Gasteiger partial charge in [0.2, 0.25) is 0 Å². The van der Waals surface area contributed by atoms with Crippen molar-refractivity contribution in [1.29, 1.82) is 0 Å². The van der Waals surface area contributed by atoms with Crippen molar-refractivity contribution in [3.63, 3.8) is 0 Å². The minimum atomic E-state index is -0.376. The Morgan fingerprint density at radius 3 is 2.95 bits per heavy atom. The predicted octanol–water partition coefficient (Wildman–Crippen LogP) is 1.44. The SMILES string of the molecule is O=C(NCc1cccc2ccccc12)C1CNCCO1. The molecule has 0 aromatic heterocycles. The summed E-state index contributed by atoms with van der Waals surface area (Å²) in [6.07, 6.45) is -0.376. The third-order valence-electron chi connectivity index (χ3n) is 3.55. The zero-order valence-electron chi connectivity index (χ0n) is 11.3. The highest BCUT2D eigenvalue weighted by Crippen LogP contribution is 2.18. The molecule has 2 N–H and O–H groups in total. The van der Waals surface area contributed by atoms with Crippen LogP contribution in [0.1, 0.15) is 5.56 Å². The van der Waals surface area contributed by atoms with Gasteiger partial charge < -0.3 is 15.4 Å². The summed E-state index contributed by atoms with van der Waals surface area (Å²) in [5.74, 6) is -0.0508. The van der Waals surface area contributed by atoms with Crippen LogP contribution in [0.15, 0.2) is 42.5 Å². The molecular weight excluding hydrogens is 252 g/mol. The monoisotopic (exact) mass is 270 g/mol. The van der Waals surface area contributed by atoms with Crippen molar-refractivity contribution >= 4 is 16.7 Å². The van der Waals surface area contributed by atoms with E-state index in [1.807, 2.05) is 24.3 Å². The quantitative estimate of drug-likeness (QED) is 0.887. The summed E-state index contributed by atoms with van der Waals surface area (Å²) in [5, 5.41) is 8.48. The van der Waals surface area contributed by atoms with Gasteiger partial charge in [-0.2, -0.15) is 0 Å². The first-order valence-electron chi connectivity index (χ1n) is 6.91. The molecule has 0 saturated carbocycles. The van der Waals surface area contributed by atoms with Crippen molar-refractivity contribution in [1.82, 2.24) is 10.6 Å². The highest BCUT2D eigenvalue weighted by atomic mass is 16.5. The third kappa shape index (κ3) is 2.81. The fraction of sp³-hybridized carbons (Fsp3) is 0.312. The average molecular weight is 270 g/mol. The second-order valence-corrected chi connectivity index (χ2v) is 4.92. The van der Waals surface area contributed by atoms with Gasteiger partial charge in [0.1, 0.15) is 6.10 Å². The lowest BCUT2D eigenvalue weighted by molar-refractivity contribution is -0.134. The lowest BCUT2D eigenvalue weighted by Crippen LogP contribution is -2.47. The maximum Gasteiger partial charge on any atom is 0.250 e. The van der Waals surface area contributed by atoms with Gasteiger partial charge >= 0.3 is 0 Å². The van der Waals surface area contributed by atoms with Crippen LogP contribution in [-0.2, 0) is 16.1 Å². The van der Waals surface area contributed by atoms with Crippen molar-refractivity contribution in [2.75, 3.05) is 19.7 Å². The van der Waals surface area contributed by atoms with E-state index in [1.54, 1.807) is 0 Å². The molecule has 1 amide bonds. The van der Waals surface area contributed by atoms with E-state index < -0.39 is 0 Å². The normalized spacial score (nSPS) is 18.9. The van der Waals surface area contributed by atoms with Gasteiger partial charge in [0.05, 0.1) is 6.61 Å². The van der Waals surface area contributed by atoms with Crippen LogP contribution in [0.3, 0.4) is 0 Å². The van der Waals surface area contributed by atoms with Crippen LogP contribution in [0, 0.1) is 0 Å². The smallest absolute Gasteiger partial charge is 0.250 e. The van der Waals surface area contributed by atoms with Crippen LogP contribution >= 0.6 is 0 Å². The Kier molecular flexibility index (Phi) is 3.95. The number of fused-ring (bicyclic) bond motifs is 1. The molecule has 0 bridgehead atoms. The van der Waals surface area contributed by atoms with Crippen LogP contribution in [0.4, 0.5) is 0 Å². The summed E-state index contributed by atoms with van der Waals surface area (Å²) in [4.78, 5) is 12.0. The van der Waals surface area contributed by atoms with E-state index in [2.05, 4.69) is 28.8 Å². The lowest BCUT2D eigenvalue weighted by Gasteiger charge is -2.22. The maximum absolute atomic E-state index is 12.0. The van der Waals surface area contributed by atoms with E-state index in [-0.39, 0.29) is 12.0 Å². The highest BCUT2D eigenvalue weighted by molar-refractivity contribution is 5.86. The van der Waals surface area contributed by atoms with Gasteiger partial charge in [0, 0.05) is 19.6 Å². The summed E-state index contributed by atoms with van der Waals surface area (Å²) in [6, 6.07) is 14.3. The Hall–Kier alpha value is -1.91. The standard InChI is InChI=1S/C16H18N2O2/c19-16(15-11-17-8-9-20-15)18-10-13-6-3-5-12-4-1-2-7-14(12)13/h1-7,15,17H,8-11H2,(H,18,19). The molecule has 4 nitrogen and oxygen atoms in total. The molecule has 3 rings (SSSR count). The fourth-order valence-corrected chi connectivity index (χ4v) is 2.48. The van der Waals surface area contributed by atoms with Crippen LogP contribution in [0.5, 0.6) is 0 Å². The topological polar surface area (TPSA) is 50.4 Å². The molecule has 0 spiro atoms. The molecule has 20 heavy (non-hydrogen) atoms. The number of amides is 1. The largest absolute Gasteiger partial charge is 0.366 e. The van der Waals surface area contributed by atoms with Crippen molar-refractivity contribution in [3.05, 3.63) is 48.0 Å². The number of rotatable bonds is 3. The Bertz CT molecular complexity index is 601. The Morgan fingerprint density at radius 2 is 2.10 bits per heavy atom. The van der Waals surface area contributed by atoms with E-state index in [0.29, 0.717) is 19.7 Å². The first-order chi connectivity index (χ1) is 9.84. The number of nitrogens with one attached hydrogen (secondary N) is 2. The molecule has 0 radical (unpaired) electrons. The maximum atomic E-state index is 12.0. The average Bonchev–Trinajstić information content (AvgIpc) is 2.53. The summed E-state index contributed by atoms with van der Waals surface area (Å²) in [7, 11) is 0. The molecule has 2 aromatic rings. The Balaban J connectivity index is 1.69. The number of carbonyl (C=O) groups is 1. The molecule has 4 heteroatoms. The zero-order valence-corrected chi connectivity index (χ0v) is 11.3. The number of benzene rings is 2. The van der Waals surface area contributed by atoms with Crippen molar-refractivity contribution < 1.29 is 9.53 Å². The van der Waals surface area contributed by atoms with Crippen molar-refractivity contribution in [2.24, 2.45) is 0 Å². The molecule has 1 heterocycles. The van der Waals surface area contributed by atoms with Gasteiger partial charge in [-0.1, -0.05) is 42.5 Å². The Labute approximate surface area is 118 Å². The fourth-order valence-electron chi connectivity index (χ4n) is 2.48. The van der Waals surface area contributed by atoms with Gasteiger partial charge in [-0.3, -0.25) is 4.79 Å². The number of hydrogen-bond acceptors (Lipinski definition) is 3. The molecule has 2 aromatic carbocycles. The molecule has 1 fully saturated rings. The molecule has 1 aliphatic heterocycles. The Morgan fingerprint density at radius 1 is 1.25 bits per heavy atom. The predicted molar refractivity (Wildman–Crippen MR) is 78.4 cm³/mol. The number of ether oxygens (including phenoxy) is 1. The second-order valence-electron chi connectivity index (χ2n) is 4.92. The van der Waals surface area contributed by atoms with E-state index in [4.69, 9.17) is 4.74 Å². The van der Waals surface area contributed by atoms with E-state index in [1.165, 1.54) is 10.8 Å². The second kappa shape index (κ2) is 6.03. The zero-order chi connectivity index (χ0) is 13.8. The minimum Gasteiger partial charge on any atom is -0.366 e. The van der Waals surface area contributed by atoms with Crippen LogP contribution in [0.2, 0.25) is 0 Å². The first-order valence-corrected chi connectivity index (χ1v) is 6.91. The minimum absolute atomic E-state index is 0.0508. The molecule has 0 aliphatic carbocycles. The molecule has 1 saturated heterocycles. The van der Waals surface area contributed by atoms with E-state index in [9.17, 15) is 4.79 Å². The van der Waals surface area contributed by atoms with E-state index in [0.717, 1.165) is 12.1 Å². The van der Waals surface area contributed by atoms with Crippen LogP contribution in [-0.4, -0.2) is 31.7 Å². The molecule has 1 unspecified atom stereocenters. The van der Waals surface area contributed by atoms with Gasteiger partial charge in [-0.25, -0.2) is 0 Å². The summed E-state index contributed by atoms with van der Waals surface area (Å²) >= 11 is 0. The van der Waals surface area contributed by atoms with Crippen molar-refractivity contribution in [3.8, 4) is 0 Å². The number of hydrogen-bond donors (Lipinski definition) is 2. The molecule has 104 valence electrons.